The van der Waals surface area contributed by atoms with E-state index in [2.05, 4.69) is 34.4 Å². The number of para-hydroxylation sites is 1. The number of benzene rings is 1. The molecule has 0 bridgehead atoms. The number of fused-ring (bicyclic) bond motifs is 1. The van der Waals surface area contributed by atoms with Crippen LogP contribution in [0.2, 0.25) is 0 Å². The molecule has 18 heavy (non-hydrogen) atoms. The van der Waals surface area contributed by atoms with Crippen LogP contribution in [-0.2, 0) is 0 Å². The van der Waals surface area contributed by atoms with Gasteiger partial charge in [0.25, 0.3) is 0 Å². The van der Waals surface area contributed by atoms with Gasteiger partial charge in [0.1, 0.15) is 0 Å². The minimum atomic E-state index is 0.0513. The molecule has 1 aromatic carbocycles. The fourth-order valence-corrected chi connectivity index (χ4v) is 1.93. The van der Waals surface area contributed by atoms with Crippen molar-refractivity contribution >= 4 is 10.9 Å². The molecule has 2 rings (SSSR count). The van der Waals surface area contributed by atoms with E-state index < -0.39 is 0 Å². The molecule has 3 nitrogen and oxygen atoms in total. The first-order valence-electron chi connectivity index (χ1n) is 6.06. The van der Waals surface area contributed by atoms with Crippen LogP contribution in [-0.4, -0.2) is 4.98 Å². The smallest absolute Gasteiger partial charge is 0.0706 e. The molecule has 1 unspecified atom stereocenters. The second-order valence-corrected chi connectivity index (χ2v) is 4.11. The Morgan fingerprint density at radius 3 is 2.89 bits per heavy atom. The summed E-state index contributed by atoms with van der Waals surface area (Å²) in [4.78, 5) is 4.63. The second kappa shape index (κ2) is 6.15. The van der Waals surface area contributed by atoms with Gasteiger partial charge in [-0.15, -0.1) is 11.8 Å². The lowest BCUT2D eigenvalue weighted by atomic mass is 10.1. The van der Waals surface area contributed by atoms with Crippen molar-refractivity contribution in [1.82, 2.24) is 10.4 Å². The van der Waals surface area contributed by atoms with Crippen LogP contribution >= 0.6 is 0 Å². The number of rotatable bonds is 4. The molecule has 0 aliphatic rings. The topological polar surface area (TPSA) is 50.9 Å². The van der Waals surface area contributed by atoms with Gasteiger partial charge in [0.15, 0.2) is 0 Å². The maximum atomic E-state index is 5.59. The van der Waals surface area contributed by atoms with E-state index in [-0.39, 0.29) is 6.04 Å². The van der Waals surface area contributed by atoms with E-state index in [1.54, 1.807) is 0 Å². The summed E-state index contributed by atoms with van der Waals surface area (Å²) in [5, 5.41) is 1.14. The van der Waals surface area contributed by atoms with E-state index in [9.17, 15) is 0 Å². The Morgan fingerprint density at radius 1 is 1.28 bits per heavy atom. The zero-order valence-corrected chi connectivity index (χ0v) is 10.5. The highest BCUT2D eigenvalue weighted by Crippen LogP contribution is 2.19. The van der Waals surface area contributed by atoms with Crippen molar-refractivity contribution in [2.45, 2.75) is 25.8 Å². The van der Waals surface area contributed by atoms with Gasteiger partial charge in [-0.05, 0) is 25.5 Å². The van der Waals surface area contributed by atoms with Gasteiger partial charge in [-0.25, -0.2) is 0 Å². The Kier molecular flexibility index (Phi) is 4.30. The number of pyridine rings is 1. The Bertz CT molecular complexity index is 581. The molecule has 2 aromatic rings. The lowest BCUT2D eigenvalue weighted by Gasteiger charge is -2.14. The molecule has 0 radical (unpaired) electrons. The fourth-order valence-electron chi connectivity index (χ4n) is 1.93. The van der Waals surface area contributed by atoms with Crippen LogP contribution < -0.4 is 11.3 Å². The third-order valence-electron chi connectivity index (χ3n) is 2.91. The van der Waals surface area contributed by atoms with E-state index in [1.807, 2.05) is 31.2 Å². The molecule has 0 fully saturated rings. The molecule has 1 atom stereocenters. The van der Waals surface area contributed by atoms with Crippen LogP contribution in [0.5, 0.6) is 0 Å². The van der Waals surface area contributed by atoms with Crippen molar-refractivity contribution in [3.8, 4) is 11.8 Å². The number of hydrogen-bond donors (Lipinski definition) is 2. The molecule has 0 saturated heterocycles. The summed E-state index contributed by atoms with van der Waals surface area (Å²) in [5.41, 5.74) is 4.78. The average molecular weight is 239 g/mol. The van der Waals surface area contributed by atoms with Crippen LogP contribution in [0, 0.1) is 11.8 Å². The molecule has 1 aromatic heterocycles. The van der Waals surface area contributed by atoms with Gasteiger partial charge in [0, 0.05) is 11.8 Å². The molecular formula is C15H17N3. The molecule has 3 N–H and O–H groups in total. The molecule has 0 aliphatic carbocycles. The Morgan fingerprint density at radius 2 is 2.11 bits per heavy atom. The van der Waals surface area contributed by atoms with E-state index >= 15 is 0 Å². The summed E-state index contributed by atoms with van der Waals surface area (Å²) in [6.07, 6.45) is 1.68. The van der Waals surface area contributed by atoms with Crippen LogP contribution in [0.1, 0.15) is 31.5 Å². The van der Waals surface area contributed by atoms with Crippen molar-refractivity contribution in [3.05, 3.63) is 42.1 Å². The number of aromatic nitrogens is 1. The van der Waals surface area contributed by atoms with Crippen LogP contribution in [0.3, 0.4) is 0 Å². The first-order chi connectivity index (χ1) is 8.85. The lowest BCUT2D eigenvalue weighted by molar-refractivity contribution is 0.513. The monoisotopic (exact) mass is 239 g/mol. The van der Waals surface area contributed by atoms with Crippen molar-refractivity contribution < 1.29 is 0 Å². The van der Waals surface area contributed by atoms with Crippen LogP contribution in [0.4, 0.5) is 0 Å². The fraction of sp³-hybridized carbons (Fsp3) is 0.267. The predicted octanol–water partition coefficient (Wildman–Crippen LogP) is 2.54. The lowest BCUT2D eigenvalue weighted by Crippen LogP contribution is -2.28. The van der Waals surface area contributed by atoms with Crippen molar-refractivity contribution in [2.75, 3.05) is 0 Å². The number of nitrogens with zero attached hydrogens (tertiary/aromatic N) is 1. The molecule has 0 saturated carbocycles. The summed E-state index contributed by atoms with van der Waals surface area (Å²) in [6.45, 7) is 1.85. The third-order valence-corrected chi connectivity index (χ3v) is 2.91. The Labute approximate surface area is 107 Å². The van der Waals surface area contributed by atoms with Gasteiger partial charge in [0.2, 0.25) is 0 Å². The Hall–Kier alpha value is -1.89. The molecule has 92 valence electrons. The number of nitrogens with two attached hydrogens (primary N) is 1. The average Bonchev–Trinajstić information content (AvgIpc) is 2.43. The summed E-state index contributed by atoms with van der Waals surface area (Å²) >= 11 is 0. The number of hydrazine groups is 1. The molecule has 3 heteroatoms. The highest BCUT2D eigenvalue weighted by atomic mass is 15.2. The molecule has 0 spiro atoms. The van der Waals surface area contributed by atoms with E-state index in [1.165, 1.54) is 0 Å². The van der Waals surface area contributed by atoms with E-state index in [0.717, 1.165) is 29.4 Å². The maximum Gasteiger partial charge on any atom is 0.0706 e. The highest BCUT2D eigenvalue weighted by molar-refractivity contribution is 5.78. The van der Waals surface area contributed by atoms with E-state index in [4.69, 9.17) is 5.84 Å². The summed E-state index contributed by atoms with van der Waals surface area (Å²) < 4.78 is 0. The zero-order valence-electron chi connectivity index (χ0n) is 10.5. The molecule has 1 heterocycles. The van der Waals surface area contributed by atoms with Crippen molar-refractivity contribution in [1.29, 1.82) is 0 Å². The first kappa shape index (κ1) is 12.6. The largest absolute Gasteiger partial charge is 0.271 e. The van der Waals surface area contributed by atoms with Crippen LogP contribution in [0.25, 0.3) is 10.9 Å². The third kappa shape index (κ3) is 2.86. The minimum Gasteiger partial charge on any atom is -0.271 e. The summed E-state index contributed by atoms with van der Waals surface area (Å²) in [6, 6.07) is 12.2. The van der Waals surface area contributed by atoms with E-state index in [0.29, 0.717) is 0 Å². The van der Waals surface area contributed by atoms with Gasteiger partial charge >= 0.3 is 0 Å². The van der Waals surface area contributed by atoms with Crippen LogP contribution in [0.15, 0.2) is 36.4 Å². The van der Waals surface area contributed by atoms with Gasteiger partial charge in [-0.1, -0.05) is 24.3 Å². The number of nitrogens with one attached hydrogen (secondary N) is 1. The van der Waals surface area contributed by atoms with Gasteiger partial charge in [0.05, 0.1) is 17.3 Å². The maximum absolute atomic E-state index is 5.59. The SMILES string of the molecule is CC#CCCC(NN)c1ccc2ccccc2n1. The minimum absolute atomic E-state index is 0.0513. The summed E-state index contributed by atoms with van der Waals surface area (Å²) in [7, 11) is 0. The Balaban J connectivity index is 2.23. The molecule has 0 amide bonds. The van der Waals surface area contributed by atoms with Gasteiger partial charge in [-0.2, -0.15) is 0 Å². The molecule has 0 aliphatic heterocycles. The highest BCUT2D eigenvalue weighted by Gasteiger charge is 2.10. The number of hydrogen-bond acceptors (Lipinski definition) is 3. The second-order valence-electron chi connectivity index (χ2n) is 4.11. The first-order valence-corrected chi connectivity index (χ1v) is 6.06. The zero-order chi connectivity index (χ0) is 12.8. The standard InChI is InChI=1S/C15H17N3/c1-2-3-4-9-15(18-16)14-11-10-12-7-5-6-8-13(12)17-14/h5-8,10-11,15,18H,4,9,16H2,1H3. The van der Waals surface area contributed by atoms with Crippen molar-refractivity contribution in [2.24, 2.45) is 5.84 Å². The normalized spacial score (nSPS) is 11.9. The predicted molar refractivity (Wildman–Crippen MR) is 74.5 cm³/mol. The van der Waals surface area contributed by atoms with Crippen molar-refractivity contribution in [3.63, 3.8) is 0 Å². The van der Waals surface area contributed by atoms with Gasteiger partial charge in [-0.3, -0.25) is 16.3 Å². The molecular weight excluding hydrogens is 222 g/mol. The quantitative estimate of drug-likeness (QED) is 0.490. The summed E-state index contributed by atoms with van der Waals surface area (Å²) in [5.74, 6) is 11.5. The van der Waals surface area contributed by atoms with Gasteiger partial charge < -0.3 is 0 Å².